The molecular weight excluding hydrogens is 746 g/mol. The highest BCUT2D eigenvalue weighted by Crippen LogP contribution is 2.68. The quantitative estimate of drug-likeness (QED) is 0.129. The molecule has 3 aliphatic rings. The molecule has 2 fully saturated rings. The number of ether oxygens (including phenoxy) is 2. The Bertz CT molecular complexity index is 2090. The van der Waals surface area contributed by atoms with Gasteiger partial charge in [-0.25, -0.2) is 9.59 Å². The third-order valence-electron chi connectivity index (χ3n) is 13.1. The average Bonchev–Trinajstić information content (AvgIpc) is 3.14. The van der Waals surface area contributed by atoms with Crippen LogP contribution >= 0.6 is 0 Å². The van der Waals surface area contributed by atoms with E-state index >= 15 is 4.11 Å². The molecule has 2 N–H and O–H groups in total. The van der Waals surface area contributed by atoms with Gasteiger partial charge in [-0.05, 0) is 87.3 Å². The van der Waals surface area contributed by atoms with Gasteiger partial charge in [0.25, 0.3) is 0 Å². The molecule has 3 heterocycles. The van der Waals surface area contributed by atoms with E-state index < -0.39 is 76.9 Å². The lowest BCUT2D eigenvalue weighted by Crippen LogP contribution is -2.73. The number of nitrogens with one attached hydrogen (secondary N) is 1. The van der Waals surface area contributed by atoms with Crippen molar-refractivity contribution in [1.29, 1.82) is 5.26 Å². The monoisotopic (exact) mass is 801 g/mol. The number of carbonyl (C=O) groups is 2. The predicted octanol–water partition coefficient (Wildman–Crippen LogP) is 8.35. The smallest absolute Gasteiger partial charge is 0.394 e. The summed E-state index contributed by atoms with van der Waals surface area (Å²) in [6.45, 7) is 18.9. The highest BCUT2D eigenvalue weighted by Gasteiger charge is 2.73. The number of hydrogen-bond donors (Lipinski definition) is 2. The van der Waals surface area contributed by atoms with Gasteiger partial charge in [0.2, 0.25) is 5.91 Å². The number of amides is 1. The molecule has 0 spiro atoms. The van der Waals surface area contributed by atoms with Gasteiger partial charge in [0.1, 0.15) is 28.8 Å². The van der Waals surface area contributed by atoms with Crippen LogP contribution in [0.2, 0.25) is 10.1 Å². The van der Waals surface area contributed by atoms with E-state index in [9.17, 15) is 24.8 Å². The molecule has 0 bridgehead atoms. The molecule has 0 radical (unpaired) electrons. The van der Waals surface area contributed by atoms with Gasteiger partial charge in [-0.1, -0.05) is 55.4 Å². The Morgan fingerprint density at radius 1 is 1.09 bits per heavy atom. The number of aromatic nitrogens is 1. The molecule has 0 saturated heterocycles. The summed E-state index contributed by atoms with van der Waals surface area (Å²) in [5.74, 6) is -2.34. The van der Waals surface area contributed by atoms with Crippen molar-refractivity contribution < 1.29 is 37.1 Å². The Morgan fingerprint density at radius 3 is 2.33 bits per heavy atom. The summed E-state index contributed by atoms with van der Waals surface area (Å²) in [6, 6.07) is 13.1. The van der Waals surface area contributed by atoms with E-state index in [4.69, 9.17) is 18.3 Å². The molecule has 3 aromatic rings. The number of hydrogen-bond acceptors (Lipinski definition) is 10. The van der Waals surface area contributed by atoms with Crippen molar-refractivity contribution in [1.82, 2.24) is 10.3 Å². The van der Waals surface area contributed by atoms with Crippen LogP contribution in [0.5, 0.6) is 5.75 Å². The lowest BCUT2D eigenvalue weighted by Gasteiger charge is -2.66. The SMILES string of the molecule is CCCNC(=O)[C@]1(C)[C@@H](O[Si](F)(C(C)(C)C)C(C)(C)C)CC[C@]2(C)[C@H]3[C@@H](O)c4c(cc(-c5cccnc5)oc4=O)O[C@]3(C)[C@@H](OC(=O)c3ccc(C#N)cc3)C[C@H]21. The highest BCUT2D eigenvalue weighted by atomic mass is 28.4. The molecule has 13 heteroatoms. The Balaban J connectivity index is 1.54. The minimum atomic E-state index is -4.15. The van der Waals surface area contributed by atoms with Gasteiger partial charge in [-0.2, -0.15) is 5.26 Å². The van der Waals surface area contributed by atoms with Crippen LogP contribution in [0.15, 0.2) is 64.1 Å². The van der Waals surface area contributed by atoms with Gasteiger partial charge in [-0.3, -0.25) is 13.9 Å². The maximum Gasteiger partial charge on any atom is 0.394 e. The summed E-state index contributed by atoms with van der Waals surface area (Å²) in [5, 5.41) is 23.4. The van der Waals surface area contributed by atoms with Crippen molar-refractivity contribution in [3.8, 4) is 23.1 Å². The fraction of sp³-hybridized carbons (Fsp3) is 0.568. The number of aliphatic hydroxyl groups is 1. The van der Waals surface area contributed by atoms with Crippen molar-refractivity contribution in [3.05, 3.63) is 82.0 Å². The molecule has 57 heavy (non-hydrogen) atoms. The van der Waals surface area contributed by atoms with Crippen LogP contribution < -0.4 is 15.7 Å². The second-order valence-corrected chi connectivity index (χ2v) is 23.2. The van der Waals surface area contributed by atoms with E-state index in [2.05, 4.69) is 16.4 Å². The average molecular weight is 802 g/mol. The van der Waals surface area contributed by atoms with Crippen molar-refractivity contribution in [2.24, 2.45) is 22.7 Å². The number of rotatable bonds is 8. The van der Waals surface area contributed by atoms with Gasteiger partial charge in [-0.15, -0.1) is 0 Å². The molecule has 1 amide bonds. The topological polar surface area (TPSA) is 161 Å². The predicted molar refractivity (Wildman–Crippen MR) is 214 cm³/mol. The molecule has 1 aliphatic heterocycles. The van der Waals surface area contributed by atoms with Crippen molar-refractivity contribution in [2.45, 2.75) is 129 Å². The number of aliphatic hydroxyl groups excluding tert-OH is 1. The van der Waals surface area contributed by atoms with Crippen molar-refractivity contribution >= 4 is 20.5 Å². The first kappa shape index (κ1) is 42.2. The maximum absolute atomic E-state index is 17.8. The molecule has 6 rings (SSSR count). The Morgan fingerprint density at radius 2 is 1.75 bits per heavy atom. The molecule has 1 aromatic carbocycles. The normalized spacial score (nSPS) is 29.8. The Hall–Kier alpha value is -4.38. The van der Waals surface area contributed by atoms with Crippen LogP contribution in [-0.2, 0) is 14.0 Å². The van der Waals surface area contributed by atoms with Crippen LogP contribution in [0.25, 0.3) is 11.3 Å². The third-order valence-corrected chi connectivity index (χ3v) is 17.6. The van der Waals surface area contributed by atoms with Crippen LogP contribution in [-0.4, -0.2) is 55.0 Å². The van der Waals surface area contributed by atoms with Gasteiger partial charge in [0, 0.05) is 46.6 Å². The van der Waals surface area contributed by atoms with Crippen molar-refractivity contribution in [2.75, 3.05) is 6.54 Å². The number of benzene rings is 1. The third kappa shape index (κ3) is 6.91. The zero-order valence-corrected chi connectivity index (χ0v) is 35.7. The summed E-state index contributed by atoms with van der Waals surface area (Å²) < 4.78 is 43.7. The lowest BCUT2D eigenvalue weighted by molar-refractivity contribution is -0.255. The summed E-state index contributed by atoms with van der Waals surface area (Å²) in [7, 11) is -4.15. The van der Waals surface area contributed by atoms with E-state index in [-0.39, 0.29) is 41.4 Å². The first-order chi connectivity index (χ1) is 26.6. The number of fused-ring (bicyclic) bond motifs is 4. The molecule has 2 saturated carbocycles. The zero-order chi connectivity index (χ0) is 41.9. The lowest BCUT2D eigenvalue weighted by atomic mass is 9.42. The van der Waals surface area contributed by atoms with E-state index in [1.54, 1.807) is 37.5 Å². The fourth-order valence-electron chi connectivity index (χ4n) is 10.3. The van der Waals surface area contributed by atoms with Crippen LogP contribution in [0.3, 0.4) is 0 Å². The Labute approximate surface area is 335 Å². The number of pyridine rings is 1. The van der Waals surface area contributed by atoms with Crippen LogP contribution in [0.1, 0.15) is 123 Å². The zero-order valence-electron chi connectivity index (χ0n) is 34.7. The molecule has 306 valence electrons. The number of esters is 1. The van der Waals surface area contributed by atoms with Gasteiger partial charge < -0.3 is 28.7 Å². The molecule has 2 aromatic heterocycles. The van der Waals surface area contributed by atoms with E-state index in [0.29, 0.717) is 30.5 Å². The van der Waals surface area contributed by atoms with E-state index in [1.807, 2.05) is 62.3 Å². The minimum absolute atomic E-state index is 0.0738. The van der Waals surface area contributed by atoms with Gasteiger partial charge in [0.15, 0.2) is 0 Å². The van der Waals surface area contributed by atoms with Gasteiger partial charge >= 0.3 is 20.2 Å². The Kier molecular flexibility index (Phi) is 10.9. The molecule has 8 atom stereocenters. The van der Waals surface area contributed by atoms with Crippen molar-refractivity contribution in [3.63, 3.8) is 0 Å². The number of carbonyl (C=O) groups excluding carboxylic acids is 2. The first-order valence-corrected chi connectivity index (χ1v) is 21.7. The maximum atomic E-state index is 17.8. The second kappa shape index (κ2) is 14.8. The summed E-state index contributed by atoms with van der Waals surface area (Å²) >= 11 is 0. The number of halogens is 1. The highest BCUT2D eigenvalue weighted by molar-refractivity contribution is 6.72. The van der Waals surface area contributed by atoms with E-state index in [0.717, 1.165) is 0 Å². The standard InChI is InChI=1S/C44H56FN3O8Si/c1-11-20-48-39(52)43(9)31-23-33(54-37(50)27-16-14-26(24-46)15-17-27)44(10)36(42(31,8)19-18-32(43)56-57(45,40(2,3)4)41(5,6)7)35(49)34-30(55-44)22-29(53-38(34)51)28-13-12-21-47-25-28/h12-17,21-22,25,31-33,35-36,49H,11,18-20,23H2,1-10H3,(H,48,52)/t31-,32+,33+,35+,36-,42+,43+,44-/m1/s1. The summed E-state index contributed by atoms with van der Waals surface area (Å²) in [5.41, 5.74) is -3.56. The van der Waals surface area contributed by atoms with Crippen LogP contribution in [0, 0.1) is 34.0 Å². The molecular formula is C44H56FN3O8Si. The molecule has 0 unspecified atom stereocenters. The number of nitriles is 1. The van der Waals surface area contributed by atoms with E-state index in [1.165, 1.54) is 24.3 Å². The summed E-state index contributed by atoms with van der Waals surface area (Å²) in [4.78, 5) is 46.9. The summed E-state index contributed by atoms with van der Waals surface area (Å²) in [6.07, 6.45) is 1.11. The minimum Gasteiger partial charge on any atom is -0.482 e. The number of nitrogens with zero attached hydrogens (tertiary/aromatic N) is 2. The van der Waals surface area contributed by atoms with Crippen LogP contribution in [0.4, 0.5) is 4.11 Å². The second-order valence-electron chi connectivity index (χ2n) is 18.8. The first-order valence-electron chi connectivity index (χ1n) is 19.9. The molecule has 11 nitrogen and oxygen atoms in total. The fourth-order valence-corrected chi connectivity index (χ4v) is 14.0. The molecule has 2 aliphatic carbocycles. The largest absolute Gasteiger partial charge is 0.482 e. The van der Waals surface area contributed by atoms with Gasteiger partial charge in [0.05, 0.1) is 34.8 Å².